The molecule has 1 amide bonds. The second-order valence-electron chi connectivity index (χ2n) is 3.98. The molecule has 1 aromatic heterocycles. The third kappa shape index (κ3) is 3.55. The lowest BCUT2D eigenvalue weighted by atomic mass is 10.2. The summed E-state index contributed by atoms with van der Waals surface area (Å²) in [5.41, 5.74) is -0.0800. The van der Waals surface area contributed by atoms with Gasteiger partial charge in [-0.15, -0.1) is 0 Å². The third-order valence-electron chi connectivity index (χ3n) is 2.56. The molecule has 0 atom stereocenters. The van der Waals surface area contributed by atoms with Crippen LogP contribution in [0.5, 0.6) is 0 Å². The predicted octanol–water partition coefficient (Wildman–Crippen LogP) is 2.91. The summed E-state index contributed by atoms with van der Waals surface area (Å²) in [6, 6.07) is 8.14. The maximum atomic E-state index is 13.6. The number of methoxy groups -OCH3 is 1. The second-order valence-corrected chi connectivity index (χ2v) is 4.41. The number of hydrogen-bond donors (Lipinski definition) is 1. The predicted molar refractivity (Wildman–Crippen MR) is 74.9 cm³/mol. The van der Waals surface area contributed by atoms with E-state index in [9.17, 15) is 14.0 Å². The van der Waals surface area contributed by atoms with Crippen LogP contribution in [0.25, 0.3) is 0 Å². The zero-order valence-electron chi connectivity index (χ0n) is 10.9. The number of ether oxygens (including phenoxy) is 1. The number of anilines is 1. The van der Waals surface area contributed by atoms with E-state index in [0.29, 0.717) is 0 Å². The molecule has 0 aliphatic heterocycles. The molecule has 5 nitrogen and oxygen atoms in total. The molecule has 2 aromatic rings. The Labute approximate surface area is 124 Å². The first-order valence-electron chi connectivity index (χ1n) is 5.83. The van der Waals surface area contributed by atoms with Crippen LogP contribution in [-0.2, 0) is 4.74 Å². The van der Waals surface area contributed by atoms with Crippen LogP contribution in [0.15, 0.2) is 36.4 Å². The second kappa shape index (κ2) is 6.32. The summed E-state index contributed by atoms with van der Waals surface area (Å²) >= 11 is 5.63. The van der Waals surface area contributed by atoms with Gasteiger partial charge in [-0.1, -0.05) is 17.7 Å². The highest BCUT2D eigenvalue weighted by Gasteiger charge is 2.14. The first-order chi connectivity index (χ1) is 10.0. The fourth-order valence-electron chi connectivity index (χ4n) is 1.56. The summed E-state index contributed by atoms with van der Waals surface area (Å²) in [5, 5.41) is 2.57. The molecule has 7 heteroatoms. The Kier molecular flexibility index (Phi) is 4.49. The zero-order chi connectivity index (χ0) is 15.4. The van der Waals surface area contributed by atoms with E-state index in [1.54, 1.807) is 0 Å². The van der Waals surface area contributed by atoms with Gasteiger partial charge in [0.05, 0.1) is 12.8 Å². The molecule has 0 aliphatic rings. The van der Waals surface area contributed by atoms with Crippen molar-refractivity contribution >= 4 is 29.2 Å². The Morgan fingerprint density at radius 2 is 1.95 bits per heavy atom. The largest absolute Gasteiger partial charge is 0.464 e. The molecular weight excluding hydrogens is 299 g/mol. The standard InChI is InChI=1S/C14H10ClFN2O3/c1-21-14(20)12-4-2-3-11(17-12)13(19)18-10-6-5-8(15)7-9(10)16/h2-7H,1H3,(H,18,19). The van der Waals surface area contributed by atoms with Gasteiger partial charge >= 0.3 is 5.97 Å². The molecule has 0 saturated heterocycles. The number of rotatable bonds is 3. The van der Waals surface area contributed by atoms with E-state index in [4.69, 9.17) is 11.6 Å². The van der Waals surface area contributed by atoms with Crippen LogP contribution in [0.4, 0.5) is 10.1 Å². The highest BCUT2D eigenvalue weighted by Crippen LogP contribution is 2.19. The highest BCUT2D eigenvalue weighted by atomic mass is 35.5. The normalized spacial score (nSPS) is 10.0. The lowest BCUT2D eigenvalue weighted by Crippen LogP contribution is -2.16. The molecule has 0 radical (unpaired) electrons. The van der Waals surface area contributed by atoms with Crippen molar-refractivity contribution in [3.05, 3.63) is 58.6 Å². The number of carbonyl (C=O) groups excluding carboxylic acids is 2. The Balaban J connectivity index is 2.22. The monoisotopic (exact) mass is 308 g/mol. The summed E-state index contributed by atoms with van der Waals surface area (Å²) < 4.78 is 18.1. The molecule has 1 aromatic carbocycles. The van der Waals surface area contributed by atoms with E-state index in [-0.39, 0.29) is 22.1 Å². The topological polar surface area (TPSA) is 68.3 Å². The maximum absolute atomic E-state index is 13.6. The summed E-state index contributed by atoms with van der Waals surface area (Å²) in [7, 11) is 1.21. The number of aromatic nitrogens is 1. The molecule has 0 spiro atoms. The van der Waals surface area contributed by atoms with Gasteiger partial charge in [-0.2, -0.15) is 0 Å². The lowest BCUT2D eigenvalue weighted by molar-refractivity contribution is 0.0594. The molecule has 0 saturated carbocycles. The van der Waals surface area contributed by atoms with Gasteiger partial charge in [-0.05, 0) is 30.3 Å². The van der Waals surface area contributed by atoms with Gasteiger partial charge < -0.3 is 10.1 Å². The quantitative estimate of drug-likeness (QED) is 0.885. The smallest absolute Gasteiger partial charge is 0.356 e. The van der Waals surface area contributed by atoms with Gasteiger partial charge in [0, 0.05) is 5.02 Å². The molecule has 0 bridgehead atoms. The first-order valence-corrected chi connectivity index (χ1v) is 6.21. The molecule has 0 fully saturated rings. The third-order valence-corrected chi connectivity index (χ3v) is 2.79. The van der Waals surface area contributed by atoms with E-state index in [1.807, 2.05) is 0 Å². The molecule has 1 heterocycles. The van der Waals surface area contributed by atoms with Crippen molar-refractivity contribution in [1.82, 2.24) is 4.98 Å². The van der Waals surface area contributed by atoms with Crippen molar-refractivity contribution in [3.8, 4) is 0 Å². The Bertz CT molecular complexity index is 706. The van der Waals surface area contributed by atoms with Crippen LogP contribution in [0, 0.1) is 5.82 Å². The summed E-state index contributed by atoms with van der Waals surface area (Å²) in [5.74, 6) is -1.98. The number of benzene rings is 1. The van der Waals surface area contributed by atoms with Crippen LogP contribution in [0.3, 0.4) is 0 Å². The number of hydrogen-bond acceptors (Lipinski definition) is 4. The Hall–Kier alpha value is -2.47. The number of esters is 1. The highest BCUT2D eigenvalue weighted by molar-refractivity contribution is 6.30. The number of amides is 1. The van der Waals surface area contributed by atoms with Crippen LogP contribution in [0.1, 0.15) is 21.0 Å². The molecule has 0 unspecified atom stereocenters. The number of halogens is 2. The van der Waals surface area contributed by atoms with Crippen LogP contribution >= 0.6 is 11.6 Å². The first kappa shape index (κ1) is 14.9. The van der Waals surface area contributed by atoms with Crippen LogP contribution in [0.2, 0.25) is 5.02 Å². The van der Waals surface area contributed by atoms with Gasteiger partial charge in [0.25, 0.3) is 5.91 Å². The fourth-order valence-corrected chi connectivity index (χ4v) is 1.72. The van der Waals surface area contributed by atoms with E-state index < -0.39 is 17.7 Å². The Morgan fingerprint density at radius 1 is 1.24 bits per heavy atom. The minimum atomic E-state index is -0.667. The minimum Gasteiger partial charge on any atom is -0.464 e. The average molecular weight is 309 g/mol. The number of nitrogens with one attached hydrogen (secondary N) is 1. The van der Waals surface area contributed by atoms with Gasteiger partial charge in [0.2, 0.25) is 0 Å². The van der Waals surface area contributed by atoms with E-state index in [2.05, 4.69) is 15.0 Å². The molecule has 108 valence electrons. The van der Waals surface area contributed by atoms with Crippen molar-refractivity contribution in [3.63, 3.8) is 0 Å². The SMILES string of the molecule is COC(=O)c1cccc(C(=O)Nc2ccc(Cl)cc2F)n1. The van der Waals surface area contributed by atoms with Crippen LogP contribution < -0.4 is 5.32 Å². The van der Waals surface area contributed by atoms with Crippen molar-refractivity contribution in [1.29, 1.82) is 0 Å². The van der Waals surface area contributed by atoms with Gasteiger partial charge in [0.15, 0.2) is 0 Å². The molecule has 21 heavy (non-hydrogen) atoms. The lowest BCUT2D eigenvalue weighted by Gasteiger charge is -2.07. The molecule has 1 N–H and O–H groups in total. The fraction of sp³-hybridized carbons (Fsp3) is 0.0714. The van der Waals surface area contributed by atoms with E-state index in [1.165, 1.54) is 37.4 Å². The Morgan fingerprint density at radius 3 is 2.62 bits per heavy atom. The number of pyridine rings is 1. The molecule has 0 aliphatic carbocycles. The van der Waals surface area contributed by atoms with Gasteiger partial charge in [-0.3, -0.25) is 4.79 Å². The summed E-state index contributed by atoms with van der Waals surface area (Å²) in [4.78, 5) is 27.2. The van der Waals surface area contributed by atoms with Gasteiger partial charge in [-0.25, -0.2) is 14.2 Å². The summed E-state index contributed by atoms with van der Waals surface area (Å²) in [6.07, 6.45) is 0. The van der Waals surface area contributed by atoms with Crippen molar-refractivity contribution in [2.75, 3.05) is 12.4 Å². The minimum absolute atomic E-state index is 0.0123. The van der Waals surface area contributed by atoms with Gasteiger partial charge in [0.1, 0.15) is 17.2 Å². The number of carbonyl (C=O) groups is 2. The van der Waals surface area contributed by atoms with E-state index >= 15 is 0 Å². The van der Waals surface area contributed by atoms with Crippen LogP contribution in [-0.4, -0.2) is 24.0 Å². The van der Waals surface area contributed by atoms with Crippen molar-refractivity contribution < 1.29 is 18.7 Å². The van der Waals surface area contributed by atoms with E-state index in [0.717, 1.165) is 6.07 Å². The molecular formula is C14H10ClFN2O3. The number of nitrogens with zero attached hydrogens (tertiary/aromatic N) is 1. The maximum Gasteiger partial charge on any atom is 0.356 e. The zero-order valence-corrected chi connectivity index (χ0v) is 11.6. The average Bonchev–Trinajstić information content (AvgIpc) is 2.49. The molecule has 2 rings (SSSR count). The van der Waals surface area contributed by atoms with Crippen molar-refractivity contribution in [2.24, 2.45) is 0 Å². The summed E-state index contributed by atoms with van der Waals surface area (Å²) in [6.45, 7) is 0. The van der Waals surface area contributed by atoms with Crippen molar-refractivity contribution in [2.45, 2.75) is 0 Å².